The van der Waals surface area contributed by atoms with Gasteiger partial charge >= 0.3 is 0 Å². The van der Waals surface area contributed by atoms with Crippen molar-refractivity contribution in [3.8, 4) is 17.6 Å². The van der Waals surface area contributed by atoms with E-state index in [1.165, 1.54) is 0 Å². The van der Waals surface area contributed by atoms with Crippen molar-refractivity contribution >= 4 is 17.5 Å². The molecule has 0 bridgehead atoms. The van der Waals surface area contributed by atoms with E-state index in [4.69, 9.17) is 15.6 Å². The van der Waals surface area contributed by atoms with Gasteiger partial charge in [0.1, 0.15) is 5.75 Å². The third kappa shape index (κ3) is 4.31. The number of rotatable bonds is 3. The van der Waals surface area contributed by atoms with Gasteiger partial charge in [-0.3, -0.25) is 9.59 Å². The first-order valence-corrected chi connectivity index (χ1v) is 10.5. The summed E-state index contributed by atoms with van der Waals surface area (Å²) in [5.74, 6) is 4.91. The molecule has 0 saturated carbocycles. The number of ether oxygens (including phenoxy) is 1. The van der Waals surface area contributed by atoms with Crippen LogP contribution in [0.4, 0.5) is 0 Å². The van der Waals surface area contributed by atoms with Crippen molar-refractivity contribution in [1.29, 1.82) is 0 Å². The van der Waals surface area contributed by atoms with Crippen molar-refractivity contribution in [2.45, 2.75) is 31.7 Å². The number of nitrogens with two attached hydrogens (primary N) is 1. The molecule has 1 aromatic carbocycles. The quantitative estimate of drug-likeness (QED) is 0.608. The van der Waals surface area contributed by atoms with Crippen LogP contribution in [0.2, 0.25) is 0 Å². The summed E-state index contributed by atoms with van der Waals surface area (Å²) in [6, 6.07) is 5.40. The lowest BCUT2D eigenvalue weighted by molar-refractivity contribution is -0.138. The summed E-state index contributed by atoms with van der Waals surface area (Å²) in [5.41, 5.74) is 7.46. The fraction of sp³-hybridized carbons (Fsp3) is 0.320. The fourth-order valence-corrected chi connectivity index (χ4v) is 4.27. The number of hydrazone groups is 1. The van der Waals surface area contributed by atoms with Crippen LogP contribution in [0.15, 0.2) is 59.8 Å². The molecule has 2 N–H and O–H groups in total. The molecule has 1 aliphatic heterocycles. The van der Waals surface area contributed by atoms with Gasteiger partial charge in [-0.2, -0.15) is 5.10 Å². The van der Waals surface area contributed by atoms with Gasteiger partial charge in [-0.15, -0.1) is 0 Å². The van der Waals surface area contributed by atoms with Crippen LogP contribution < -0.4 is 10.5 Å². The highest BCUT2D eigenvalue weighted by atomic mass is 16.5. The summed E-state index contributed by atoms with van der Waals surface area (Å²) in [5, 5.41) is 6.48. The number of hydrogen-bond donors (Lipinski definition) is 1. The number of benzene rings is 1. The molecule has 158 valence electrons. The topological polar surface area (TPSA) is 85.0 Å². The molecule has 2 aliphatic carbocycles. The van der Waals surface area contributed by atoms with Crippen molar-refractivity contribution in [3.63, 3.8) is 0 Å². The normalized spacial score (nSPS) is 22.8. The SMILES string of the molecule is COc1ccc(C2=NN(C3C=CCCC=C3)C(=O)[C@@H]3CC=CC[C@H]23)cc1C#CC(N)=O. The maximum Gasteiger partial charge on any atom is 0.293 e. The Hall–Kier alpha value is -3.59. The van der Waals surface area contributed by atoms with Gasteiger partial charge in [-0.25, -0.2) is 5.01 Å². The van der Waals surface area contributed by atoms with Gasteiger partial charge in [0.2, 0.25) is 5.91 Å². The van der Waals surface area contributed by atoms with Crippen LogP contribution in [0.5, 0.6) is 5.75 Å². The minimum atomic E-state index is -0.705. The Morgan fingerprint density at radius 1 is 1.13 bits per heavy atom. The number of allylic oxidation sites excluding steroid dienone is 4. The van der Waals surface area contributed by atoms with Gasteiger partial charge in [0.25, 0.3) is 5.91 Å². The highest BCUT2D eigenvalue weighted by Crippen LogP contribution is 2.36. The van der Waals surface area contributed by atoms with Crippen LogP contribution in [-0.4, -0.2) is 35.7 Å². The highest BCUT2D eigenvalue weighted by Gasteiger charge is 2.41. The van der Waals surface area contributed by atoms with E-state index in [9.17, 15) is 9.59 Å². The van der Waals surface area contributed by atoms with E-state index in [0.717, 1.165) is 30.5 Å². The molecule has 0 fully saturated rings. The smallest absolute Gasteiger partial charge is 0.293 e. The Morgan fingerprint density at radius 3 is 2.52 bits per heavy atom. The molecule has 6 heteroatoms. The van der Waals surface area contributed by atoms with E-state index in [-0.39, 0.29) is 23.8 Å². The lowest BCUT2D eigenvalue weighted by Crippen LogP contribution is -2.48. The minimum absolute atomic E-state index is 0.00201. The molecule has 2 atom stereocenters. The molecule has 0 aromatic heterocycles. The summed E-state index contributed by atoms with van der Waals surface area (Å²) < 4.78 is 5.39. The molecular weight excluding hydrogens is 390 g/mol. The number of hydrogen-bond acceptors (Lipinski definition) is 4. The summed E-state index contributed by atoms with van der Waals surface area (Å²) >= 11 is 0. The average Bonchev–Trinajstić information content (AvgIpc) is 3.07. The number of amides is 2. The summed E-state index contributed by atoms with van der Waals surface area (Å²) in [6.45, 7) is 0. The van der Waals surface area contributed by atoms with Crippen molar-refractivity contribution in [3.05, 3.63) is 65.8 Å². The average molecular weight is 415 g/mol. The number of carbonyl (C=O) groups excluding carboxylic acids is 2. The van der Waals surface area contributed by atoms with Crippen molar-refractivity contribution in [2.75, 3.05) is 7.11 Å². The van der Waals surface area contributed by atoms with Gasteiger partial charge in [-0.1, -0.05) is 42.4 Å². The Kier molecular flexibility index (Phi) is 6.03. The molecule has 0 radical (unpaired) electrons. The number of methoxy groups -OCH3 is 1. The Balaban J connectivity index is 1.80. The van der Waals surface area contributed by atoms with Crippen LogP contribution >= 0.6 is 0 Å². The van der Waals surface area contributed by atoms with Crippen LogP contribution in [0.1, 0.15) is 36.8 Å². The predicted octanol–water partition coefficient (Wildman–Crippen LogP) is 2.94. The summed E-state index contributed by atoms with van der Waals surface area (Å²) in [6.07, 6.45) is 15.9. The number of primary amides is 1. The van der Waals surface area contributed by atoms with Gasteiger partial charge in [0.05, 0.1) is 30.3 Å². The van der Waals surface area contributed by atoms with E-state index in [2.05, 4.69) is 36.1 Å². The van der Waals surface area contributed by atoms with Crippen molar-refractivity contribution in [2.24, 2.45) is 22.7 Å². The Morgan fingerprint density at radius 2 is 1.84 bits per heavy atom. The van der Waals surface area contributed by atoms with E-state index in [1.54, 1.807) is 12.1 Å². The van der Waals surface area contributed by atoms with Crippen LogP contribution in [0.25, 0.3) is 0 Å². The molecular formula is C25H25N3O3. The zero-order valence-electron chi connectivity index (χ0n) is 17.5. The molecule has 0 unspecified atom stereocenters. The lowest BCUT2D eigenvalue weighted by atomic mass is 9.76. The summed E-state index contributed by atoms with van der Waals surface area (Å²) in [7, 11) is 1.55. The lowest BCUT2D eigenvalue weighted by Gasteiger charge is -2.38. The number of fused-ring (bicyclic) bond motifs is 1. The molecule has 1 heterocycles. The summed E-state index contributed by atoms with van der Waals surface area (Å²) in [4.78, 5) is 24.5. The molecule has 31 heavy (non-hydrogen) atoms. The first kappa shape index (κ1) is 20.7. The minimum Gasteiger partial charge on any atom is -0.495 e. The third-order valence-corrected chi connectivity index (χ3v) is 5.81. The molecule has 0 saturated heterocycles. The van der Waals surface area contributed by atoms with Gasteiger partial charge < -0.3 is 10.5 Å². The highest BCUT2D eigenvalue weighted by molar-refractivity contribution is 6.07. The van der Waals surface area contributed by atoms with Gasteiger partial charge in [0.15, 0.2) is 0 Å². The standard InChI is InChI=1S/C25H25N3O3/c1-31-22-14-12-18(16-17(22)13-15-23(26)29)24-20-10-6-7-11-21(20)25(30)28(27-24)19-8-4-2-3-5-9-19/h4-9,12,14,16,19-21H,2-3,10-11H2,1H3,(H2,26,29)/t20-,21+/m0/s1. The van der Waals surface area contributed by atoms with E-state index >= 15 is 0 Å². The number of nitrogens with zero attached hydrogens (tertiary/aromatic N) is 2. The van der Waals surface area contributed by atoms with Gasteiger partial charge in [-0.05, 0) is 49.4 Å². The maximum atomic E-state index is 13.3. The second-order valence-corrected chi connectivity index (χ2v) is 7.78. The Labute approximate surface area is 182 Å². The van der Waals surface area contributed by atoms with E-state index in [1.807, 2.05) is 30.4 Å². The fourth-order valence-electron chi connectivity index (χ4n) is 4.27. The maximum absolute atomic E-state index is 13.3. The molecule has 4 rings (SSSR count). The first-order chi connectivity index (χ1) is 15.1. The third-order valence-electron chi connectivity index (χ3n) is 5.81. The zero-order valence-corrected chi connectivity index (χ0v) is 17.5. The van der Waals surface area contributed by atoms with Gasteiger partial charge in [0, 0.05) is 11.8 Å². The first-order valence-electron chi connectivity index (χ1n) is 10.5. The van der Waals surface area contributed by atoms with E-state index in [0.29, 0.717) is 17.7 Å². The Bertz CT molecular complexity index is 1060. The second-order valence-electron chi connectivity index (χ2n) is 7.78. The van der Waals surface area contributed by atoms with Crippen molar-refractivity contribution in [1.82, 2.24) is 5.01 Å². The predicted molar refractivity (Wildman–Crippen MR) is 119 cm³/mol. The molecule has 3 aliphatic rings. The molecule has 6 nitrogen and oxygen atoms in total. The molecule has 2 amide bonds. The second kappa shape index (κ2) is 9.05. The monoisotopic (exact) mass is 415 g/mol. The van der Waals surface area contributed by atoms with Crippen LogP contribution in [-0.2, 0) is 9.59 Å². The van der Waals surface area contributed by atoms with E-state index < -0.39 is 5.91 Å². The largest absolute Gasteiger partial charge is 0.495 e. The molecule has 1 aromatic rings. The van der Waals surface area contributed by atoms with Crippen LogP contribution in [0.3, 0.4) is 0 Å². The zero-order chi connectivity index (χ0) is 21.8. The number of carbonyl (C=O) groups is 2. The van der Waals surface area contributed by atoms with Crippen molar-refractivity contribution < 1.29 is 14.3 Å². The molecule has 0 spiro atoms. The van der Waals surface area contributed by atoms with Crippen LogP contribution in [0, 0.1) is 23.7 Å².